The van der Waals surface area contributed by atoms with Crippen LogP contribution in [-0.2, 0) is 4.79 Å². The molecule has 1 aromatic carbocycles. The molecule has 5 rings (SSSR count). The van der Waals surface area contributed by atoms with Crippen molar-refractivity contribution in [1.29, 1.82) is 0 Å². The van der Waals surface area contributed by atoms with Crippen LogP contribution < -0.4 is 0 Å². The van der Waals surface area contributed by atoms with Crippen molar-refractivity contribution < 1.29 is 14.7 Å². The molecule has 3 aliphatic rings. The zero-order valence-corrected chi connectivity index (χ0v) is 15.9. The minimum atomic E-state index is -0.162. The van der Waals surface area contributed by atoms with Gasteiger partial charge >= 0.3 is 0 Å². The SMILES string of the molecule is O=C(c1nc2ccccc2s1)N1C[C@H]2C[C@@H](C1)[C@H](CO)N1C(=O)CCC[C@@H]21. The lowest BCUT2D eigenvalue weighted by molar-refractivity contribution is -0.154. The van der Waals surface area contributed by atoms with Crippen molar-refractivity contribution in [3.63, 3.8) is 0 Å². The molecular weight excluding hydrogens is 362 g/mol. The summed E-state index contributed by atoms with van der Waals surface area (Å²) in [5.41, 5.74) is 0.861. The van der Waals surface area contributed by atoms with E-state index in [1.54, 1.807) is 0 Å². The third-order valence-corrected chi connectivity index (χ3v) is 7.47. The van der Waals surface area contributed by atoms with E-state index in [2.05, 4.69) is 4.98 Å². The number of aromatic nitrogens is 1. The second-order valence-electron chi connectivity index (χ2n) is 7.96. The smallest absolute Gasteiger partial charge is 0.282 e. The maximum absolute atomic E-state index is 13.2. The van der Waals surface area contributed by atoms with Gasteiger partial charge in [0.25, 0.3) is 5.91 Å². The molecule has 3 aliphatic heterocycles. The molecule has 4 atom stereocenters. The Kier molecular flexibility index (Phi) is 4.16. The van der Waals surface area contributed by atoms with Gasteiger partial charge in [-0.2, -0.15) is 0 Å². The van der Waals surface area contributed by atoms with Crippen LogP contribution in [0.2, 0.25) is 0 Å². The van der Waals surface area contributed by atoms with E-state index in [0.29, 0.717) is 30.4 Å². The Morgan fingerprint density at radius 3 is 2.89 bits per heavy atom. The second kappa shape index (κ2) is 6.56. The van der Waals surface area contributed by atoms with Gasteiger partial charge in [0.15, 0.2) is 5.01 Å². The van der Waals surface area contributed by atoms with Gasteiger partial charge in [0.2, 0.25) is 5.91 Å². The molecule has 4 heterocycles. The summed E-state index contributed by atoms with van der Waals surface area (Å²) in [5.74, 6) is 0.601. The number of thiazole rings is 1. The fraction of sp³-hybridized carbons (Fsp3) is 0.550. The first kappa shape index (κ1) is 17.1. The highest BCUT2D eigenvalue weighted by atomic mass is 32.1. The fourth-order valence-electron chi connectivity index (χ4n) is 5.27. The third kappa shape index (κ3) is 2.75. The average molecular weight is 385 g/mol. The fourth-order valence-corrected chi connectivity index (χ4v) is 6.21. The van der Waals surface area contributed by atoms with Gasteiger partial charge in [-0.15, -0.1) is 11.3 Å². The van der Waals surface area contributed by atoms with Crippen LogP contribution in [0.25, 0.3) is 10.2 Å². The molecule has 6 nitrogen and oxygen atoms in total. The molecule has 0 unspecified atom stereocenters. The molecule has 2 amide bonds. The van der Waals surface area contributed by atoms with Crippen molar-refractivity contribution in [3.8, 4) is 0 Å². The third-order valence-electron chi connectivity index (χ3n) is 6.45. The van der Waals surface area contributed by atoms with E-state index in [1.807, 2.05) is 34.1 Å². The van der Waals surface area contributed by atoms with Gasteiger partial charge in [-0.25, -0.2) is 4.98 Å². The summed E-state index contributed by atoms with van der Waals surface area (Å²) in [6, 6.07) is 7.81. The zero-order valence-electron chi connectivity index (χ0n) is 15.1. The lowest BCUT2D eigenvalue weighted by Crippen LogP contribution is -2.66. The molecule has 0 radical (unpaired) electrons. The van der Waals surface area contributed by atoms with E-state index in [4.69, 9.17) is 0 Å². The van der Waals surface area contributed by atoms with E-state index < -0.39 is 0 Å². The first-order valence-corrected chi connectivity index (χ1v) is 10.5. The van der Waals surface area contributed by atoms with Crippen molar-refractivity contribution >= 4 is 33.4 Å². The topological polar surface area (TPSA) is 73.7 Å². The lowest BCUT2D eigenvalue weighted by atomic mass is 9.72. The maximum atomic E-state index is 13.2. The van der Waals surface area contributed by atoms with E-state index in [9.17, 15) is 14.7 Å². The van der Waals surface area contributed by atoms with Crippen LogP contribution in [0.4, 0.5) is 0 Å². The number of aliphatic hydroxyl groups excluding tert-OH is 1. The summed E-state index contributed by atoms with van der Waals surface area (Å²) in [6.07, 6.45) is 3.46. The van der Waals surface area contributed by atoms with Crippen LogP contribution in [0.1, 0.15) is 35.5 Å². The number of rotatable bonds is 2. The zero-order chi connectivity index (χ0) is 18.5. The van der Waals surface area contributed by atoms with E-state index in [1.165, 1.54) is 11.3 Å². The molecular formula is C20H23N3O3S. The molecule has 7 heteroatoms. The number of piperidine rings is 3. The maximum Gasteiger partial charge on any atom is 0.282 e. The van der Waals surface area contributed by atoms with Crippen LogP contribution >= 0.6 is 11.3 Å². The molecule has 3 saturated heterocycles. The van der Waals surface area contributed by atoms with Crippen LogP contribution in [0.15, 0.2) is 24.3 Å². The monoisotopic (exact) mass is 385 g/mol. The molecule has 0 spiro atoms. The average Bonchev–Trinajstić information content (AvgIpc) is 3.12. The molecule has 0 aliphatic carbocycles. The number of fused-ring (bicyclic) bond motifs is 5. The quantitative estimate of drug-likeness (QED) is 0.860. The summed E-state index contributed by atoms with van der Waals surface area (Å²) < 4.78 is 1.02. The van der Waals surface area contributed by atoms with Crippen molar-refractivity contribution in [3.05, 3.63) is 29.3 Å². The summed E-state index contributed by atoms with van der Waals surface area (Å²) in [5, 5.41) is 10.5. The van der Waals surface area contributed by atoms with Crippen molar-refractivity contribution in [2.24, 2.45) is 11.8 Å². The summed E-state index contributed by atoms with van der Waals surface area (Å²) in [4.78, 5) is 34.0. The highest BCUT2D eigenvalue weighted by Crippen LogP contribution is 2.41. The van der Waals surface area contributed by atoms with Crippen LogP contribution in [0.3, 0.4) is 0 Å². The number of carbonyl (C=O) groups is 2. The predicted molar refractivity (Wildman–Crippen MR) is 102 cm³/mol. The number of hydrogen-bond acceptors (Lipinski definition) is 5. The number of carbonyl (C=O) groups excluding carboxylic acids is 2. The number of hydrogen-bond donors (Lipinski definition) is 1. The van der Waals surface area contributed by atoms with Gasteiger partial charge in [-0.1, -0.05) is 12.1 Å². The molecule has 27 heavy (non-hydrogen) atoms. The summed E-state index contributed by atoms with van der Waals surface area (Å²) in [7, 11) is 0. The first-order chi connectivity index (χ1) is 13.2. The van der Waals surface area contributed by atoms with Gasteiger partial charge in [0.1, 0.15) is 0 Å². The Morgan fingerprint density at radius 2 is 2.07 bits per heavy atom. The molecule has 1 N–H and O–H groups in total. The van der Waals surface area contributed by atoms with Gasteiger partial charge in [0.05, 0.1) is 22.9 Å². The van der Waals surface area contributed by atoms with E-state index in [-0.39, 0.29) is 36.4 Å². The van der Waals surface area contributed by atoms with Crippen LogP contribution in [0.5, 0.6) is 0 Å². The first-order valence-electron chi connectivity index (χ1n) is 9.72. The Balaban J connectivity index is 1.43. The van der Waals surface area contributed by atoms with E-state index >= 15 is 0 Å². The number of amides is 2. The number of aliphatic hydroxyl groups is 1. The normalized spacial score (nSPS) is 30.5. The van der Waals surface area contributed by atoms with E-state index in [0.717, 1.165) is 29.5 Å². The second-order valence-corrected chi connectivity index (χ2v) is 8.99. The highest BCUT2D eigenvalue weighted by Gasteiger charge is 2.50. The number of nitrogens with zero attached hydrogens (tertiary/aromatic N) is 3. The Hall–Kier alpha value is -1.99. The number of para-hydroxylation sites is 1. The Labute approximate surface area is 161 Å². The molecule has 1 aromatic heterocycles. The molecule has 142 valence electrons. The van der Waals surface area contributed by atoms with Crippen molar-refractivity contribution in [2.75, 3.05) is 19.7 Å². The van der Waals surface area contributed by atoms with Crippen molar-refractivity contribution in [2.45, 2.75) is 37.8 Å². The molecule has 0 saturated carbocycles. The Morgan fingerprint density at radius 1 is 1.26 bits per heavy atom. The van der Waals surface area contributed by atoms with Gasteiger partial charge in [0, 0.05) is 25.6 Å². The summed E-state index contributed by atoms with van der Waals surface area (Å²) in [6.45, 7) is 1.24. The van der Waals surface area contributed by atoms with Crippen LogP contribution in [0, 0.1) is 11.8 Å². The minimum Gasteiger partial charge on any atom is -0.394 e. The van der Waals surface area contributed by atoms with Gasteiger partial charge in [-0.05, 0) is 43.2 Å². The predicted octanol–water partition coefficient (Wildman–Crippen LogP) is 2.13. The molecule has 2 aromatic rings. The molecule has 2 bridgehead atoms. The molecule has 3 fully saturated rings. The van der Waals surface area contributed by atoms with Crippen molar-refractivity contribution in [1.82, 2.24) is 14.8 Å². The number of likely N-dealkylation sites (tertiary alicyclic amines) is 1. The number of benzene rings is 1. The minimum absolute atomic E-state index is 0.0156. The lowest BCUT2D eigenvalue weighted by Gasteiger charge is -2.56. The highest BCUT2D eigenvalue weighted by molar-refractivity contribution is 7.20. The van der Waals surface area contributed by atoms with Gasteiger partial charge in [-0.3, -0.25) is 9.59 Å². The standard InChI is InChI=1S/C20H23N3O3S/c24-11-16-13-8-12(15-5-3-7-18(25)23(15)16)9-22(10-13)20(26)19-21-14-4-1-2-6-17(14)27-19/h1-2,4,6,12-13,15-16,24H,3,5,7-11H2/t12-,13+,15+,16+/m1/s1. The van der Waals surface area contributed by atoms with Gasteiger partial charge < -0.3 is 14.9 Å². The summed E-state index contributed by atoms with van der Waals surface area (Å²) >= 11 is 1.44. The Bertz CT molecular complexity index is 850. The van der Waals surface area contributed by atoms with Crippen LogP contribution in [-0.4, -0.2) is 63.5 Å². The largest absolute Gasteiger partial charge is 0.394 e.